The Bertz CT molecular complexity index is 2630. The van der Waals surface area contributed by atoms with Crippen LogP contribution in [-0.4, -0.2) is 198 Å². The van der Waals surface area contributed by atoms with Crippen molar-refractivity contribution in [1.82, 2.24) is 63.8 Å². The molecular weight excluding hydrogens is 1130 g/mol. The molecule has 0 bridgehead atoms. The number of hydrogen-bond donors (Lipinski definition) is 18. The summed E-state index contributed by atoms with van der Waals surface area (Å²) in [6.07, 6.45) is -0.511. The van der Waals surface area contributed by atoms with Gasteiger partial charge < -0.3 is 95.7 Å². The molecule has 10 atom stereocenters. The van der Waals surface area contributed by atoms with Crippen LogP contribution in [0, 0.1) is 11.8 Å². The first-order valence-corrected chi connectivity index (χ1v) is 27.8. The van der Waals surface area contributed by atoms with Gasteiger partial charge in [0.05, 0.1) is 45.5 Å². The average molecular weight is 1210 g/mol. The Hall–Kier alpha value is -8.81. The second kappa shape index (κ2) is 38.2. The molecule has 0 aliphatic carbocycles. The first-order valence-electron chi connectivity index (χ1n) is 27.8. The fourth-order valence-corrected chi connectivity index (χ4v) is 8.07. The summed E-state index contributed by atoms with van der Waals surface area (Å²) in [6, 6.07) is 2.28. The Morgan fingerprint density at radius 1 is 0.477 bits per heavy atom. The molecular formula is C55H84N14O17. The normalized spacial score (nSPS) is 14.4. The van der Waals surface area contributed by atoms with Gasteiger partial charge in [-0.3, -0.25) is 62.3 Å². The monoisotopic (exact) mass is 1210 g/mol. The fourth-order valence-electron chi connectivity index (χ4n) is 8.07. The van der Waals surface area contributed by atoms with Crippen molar-refractivity contribution in [3.8, 4) is 5.75 Å². The molecule has 20 N–H and O–H groups in total. The van der Waals surface area contributed by atoms with Crippen molar-refractivity contribution < 1.29 is 82.8 Å². The summed E-state index contributed by atoms with van der Waals surface area (Å²) in [5, 5.41) is 69.0. The van der Waals surface area contributed by atoms with Gasteiger partial charge in [0.15, 0.2) is 0 Å². The van der Waals surface area contributed by atoms with Crippen molar-refractivity contribution in [3.63, 3.8) is 0 Å². The first kappa shape index (κ1) is 73.3. The van der Waals surface area contributed by atoms with Crippen LogP contribution in [0.4, 0.5) is 0 Å². The Morgan fingerprint density at radius 3 is 1.42 bits per heavy atom. The molecule has 476 valence electrons. The zero-order valence-electron chi connectivity index (χ0n) is 49.0. The lowest BCUT2D eigenvalue weighted by Crippen LogP contribution is -2.61. The molecule has 0 aliphatic heterocycles. The van der Waals surface area contributed by atoms with Crippen molar-refractivity contribution >= 4 is 76.8 Å². The minimum atomic E-state index is -1.76. The molecule has 0 unspecified atom stereocenters. The van der Waals surface area contributed by atoms with Gasteiger partial charge in [-0.25, -0.2) is 0 Å². The second-order valence-corrected chi connectivity index (χ2v) is 20.6. The molecule has 31 nitrogen and oxygen atoms in total. The van der Waals surface area contributed by atoms with Gasteiger partial charge in [0.1, 0.15) is 54.1 Å². The van der Waals surface area contributed by atoms with Crippen LogP contribution in [0.5, 0.6) is 5.75 Å². The summed E-state index contributed by atoms with van der Waals surface area (Å²) in [6.45, 7) is 4.46. The molecule has 0 spiro atoms. The number of phenols is 1. The van der Waals surface area contributed by atoms with Gasteiger partial charge >= 0.3 is 0 Å². The number of rotatable bonds is 38. The summed E-state index contributed by atoms with van der Waals surface area (Å²) < 4.78 is 0. The zero-order chi connectivity index (χ0) is 64.6. The smallest absolute Gasteiger partial charge is 0.245 e. The predicted molar refractivity (Wildman–Crippen MR) is 307 cm³/mol. The molecule has 2 rings (SSSR count). The first-order chi connectivity index (χ1) is 40.6. The van der Waals surface area contributed by atoms with Crippen LogP contribution in [0.15, 0.2) is 54.6 Å². The maximum atomic E-state index is 14.1. The molecule has 2 aromatic carbocycles. The van der Waals surface area contributed by atoms with Crippen molar-refractivity contribution in [2.75, 3.05) is 45.9 Å². The standard InChI is InChI=1S/C55H84N14O17/c1-7-30(4)46(62-32(6)73)53(84)61-25-43(77)63-39(27-70)50(81)60-24-42(76)64-40(28-71)52(83)66-37(21-33-13-9-8-10-14-33)49(80)59-26-44(78)68-47(31(5)72)55(86)69-45(29(2)3)54(85)67-38(22-34-16-18-35(74)19-17-34)51(82)65-36(15-11-12-20-56)48(79)58-23-41(57)75/h8-10,13-14,16-19,29-31,36-40,45-47,70-72,74H,7,11-12,15,20-28,56H2,1-6H3,(H2,57,75)(H,58,79)(H,59,80)(H,60,81)(H,61,84)(H,62,73)(H,63,77)(H,64,76)(H,65,82)(H,66,83)(H,67,85)(H,68,78)(H,69,86)/t30-,31+,36-,37-,38-,39-,40-,45-,46-,47-/m0/s1. The molecule has 2 aromatic rings. The lowest BCUT2D eigenvalue weighted by molar-refractivity contribution is -0.136. The van der Waals surface area contributed by atoms with Gasteiger partial charge in [0, 0.05) is 19.8 Å². The lowest BCUT2D eigenvalue weighted by atomic mass is 9.98. The van der Waals surface area contributed by atoms with E-state index in [0.717, 1.165) is 6.92 Å². The second-order valence-electron chi connectivity index (χ2n) is 20.6. The molecule has 0 heterocycles. The third kappa shape index (κ3) is 26.8. The summed E-state index contributed by atoms with van der Waals surface area (Å²) in [5.74, 6) is -12.7. The number of benzene rings is 2. The van der Waals surface area contributed by atoms with Crippen molar-refractivity contribution in [2.45, 2.75) is 135 Å². The minimum absolute atomic E-state index is 0.0876. The summed E-state index contributed by atoms with van der Waals surface area (Å²) in [7, 11) is 0. The lowest BCUT2D eigenvalue weighted by Gasteiger charge is -2.29. The van der Waals surface area contributed by atoms with E-state index in [9.17, 15) is 82.8 Å². The highest BCUT2D eigenvalue weighted by molar-refractivity contribution is 5.98. The zero-order valence-corrected chi connectivity index (χ0v) is 49.0. The van der Waals surface area contributed by atoms with Crippen LogP contribution in [0.3, 0.4) is 0 Å². The van der Waals surface area contributed by atoms with Crippen LogP contribution in [0.1, 0.15) is 78.4 Å². The average Bonchev–Trinajstić information content (AvgIpc) is 3.47. The molecule has 86 heavy (non-hydrogen) atoms. The van der Waals surface area contributed by atoms with Crippen molar-refractivity contribution in [2.24, 2.45) is 23.3 Å². The van der Waals surface area contributed by atoms with Crippen molar-refractivity contribution in [3.05, 3.63) is 65.7 Å². The number of phenolic OH excluding ortho intramolecular Hbond substituents is 1. The number of carbonyl (C=O) groups is 13. The van der Waals surface area contributed by atoms with E-state index in [-0.39, 0.29) is 37.5 Å². The Labute approximate surface area is 497 Å². The number of carbonyl (C=O) groups excluding carboxylic acids is 13. The van der Waals surface area contributed by atoms with E-state index < -0.39 is 177 Å². The van der Waals surface area contributed by atoms with E-state index >= 15 is 0 Å². The summed E-state index contributed by atoms with van der Waals surface area (Å²) in [4.78, 5) is 170. The van der Waals surface area contributed by atoms with Crippen LogP contribution in [0.25, 0.3) is 0 Å². The molecule has 0 saturated heterocycles. The van der Waals surface area contributed by atoms with Gasteiger partial charge in [0.25, 0.3) is 0 Å². The number of aromatic hydroxyl groups is 1. The van der Waals surface area contributed by atoms with E-state index in [4.69, 9.17) is 11.5 Å². The molecule has 13 amide bonds. The van der Waals surface area contributed by atoms with Gasteiger partial charge in [-0.15, -0.1) is 0 Å². The molecule has 0 aromatic heterocycles. The largest absolute Gasteiger partial charge is 0.508 e. The fraction of sp³-hybridized carbons (Fsp3) is 0.545. The van der Waals surface area contributed by atoms with Gasteiger partial charge in [-0.05, 0) is 67.8 Å². The molecule has 0 fully saturated rings. The number of amides is 13. The topological polar surface area (TPSA) is 499 Å². The van der Waals surface area contributed by atoms with Gasteiger partial charge in [-0.1, -0.05) is 76.6 Å². The number of unbranched alkanes of at least 4 members (excludes halogenated alkanes) is 1. The highest BCUT2D eigenvalue weighted by Crippen LogP contribution is 2.14. The SMILES string of the molecule is CC[C@H](C)[C@H](NC(C)=O)C(=O)NCC(=O)N[C@@H](CO)C(=O)NCC(=O)N[C@@H](CO)C(=O)N[C@@H](Cc1ccccc1)C(=O)NCC(=O)N[C@H](C(=O)N[C@H](C(=O)N[C@@H](Cc1ccc(O)cc1)C(=O)N[C@@H](CCCCN)C(=O)NCC(N)=O)C(C)C)[C@@H](C)O. The van der Waals surface area contributed by atoms with Gasteiger partial charge in [0.2, 0.25) is 76.8 Å². The number of hydrogen-bond acceptors (Lipinski definition) is 18. The van der Waals surface area contributed by atoms with Gasteiger partial charge in [-0.2, -0.15) is 0 Å². The van der Waals surface area contributed by atoms with Crippen LogP contribution in [0.2, 0.25) is 0 Å². The summed E-state index contributed by atoms with van der Waals surface area (Å²) >= 11 is 0. The molecule has 0 aliphatic rings. The molecule has 0 radical (unpaired) electrons. The third-order valence-corrected chi connectivity index (χ3v) is 13.1. The van der Waals surface area contributed by atoms with Crippen LogP contribution >= 0.6 is 0 Å². The Balaban J connectivity index is 2.18. The number of aliphatic hydroxyl groups is 3. The predicted octanol–water partition coefficient (Wildman–Crippen LogP) is -6.78. The maximum absolute atomic E-state index is 14.1. The maximum Gasteiger partial charge on any atom is 0.245 e. The highest BCUT2D eigenvalue weighted by Gasteiger charge is 2.35. The number of nitrogens with one attached hydrogen (secondary N) is 12. The Kier molecular flexibility index (Phi) is 32.6. The third-order valence-electron chi connectivity index (χ3n) is 13.1. The summed E-state index contributed by atoms with van der Waals surface area (Å²) in [5.41, 5.74) is 11.8. The number of nitrogens with two attached hydrogens (primary N) is 2. The number of primary amides is 1. The van der Waals surface area contributed by atoms with E-state index in [1.54, 1.807) is 58.0 Å². The minimum Gasteiger partial charge on any atom is -0.508 e. The molecule has 31 heteroatoms. The number of aliphatic hydroxyl groups excluding tert-OH is 3. The highest BCUT2D eigenvalue weighted by atomic mass is 16.3. The quantitative estimate of drug-likeness (QED) is 0.0278. The van der Waals surface area contributed by atoms with E-state index in [2.05, 4.69) is 63.8 Å². The van der Waals surface area contributed by atoms with E-state index in [1.807, 2.05) is 0 Å². The Morgan fingerprint density at radius 2 is 0.919 bits per heavy atom. The van der Waals surface area contributed by atoms with Crippen LogP contribution < -0.4 is 75.3 Å². The van der Waals surface area contributed by atoms with E-state index in [1.165, 1.54) is 31.2 Å². The van der Waals surface area contributed by atoms with E-state index in [0.29, 0.717) is 30.4 Å². The van der Waals surface area contributed by atoms with Crippen LogP contribution in [-0.2, 0) is 75.2 Å². The van der Waals surface area contributed by atoms with Crippen molar-refractivity contribution in [1.29, 1.82) is 0 Å². The molecule has 0 saturated carbocycles.